The molecule has 12 heteroatoms. The number of ether oxygens (including phenoxy) is 1. The third-order valence-electron chi connectivity index (χ3n) is 6.18. The molecule has 1 saturated carbocycles. The summed E-state index contributed by atoms with van der Waals surface area (Å²) in [5.74, 6) is 0.0296. The number of rotatable bonds is 6. The highest BCUT2D eigenvalue weighted by Crippen LogP contribution is 2.40. The third kappa shape index (κ3) is 5.03. The summed E-state index contributed by atoms with van der Waals surface area (Å²) in [5, 5.41) is 7.68. The molecule has 0 spiro atoms. The Morgan fingerprint density at radius 3 is 2.56 bits per heavy atom. The van der Waals surface area contributed by atoms with Gasteiger partial charge in [0.1, 0.15) is 23.3 Å². The number of aromatic nitrogens is 4. The van der Waals surface area contributed by atoms with Gasteiger partial charge in [-0.25, -0.2) is 14.1 Å². The molecule has 2 bridgehead atoms. The van der Waals surface area contributed by atoms with Crippen LogP contribution in [-0.2, 0) is 6.54 Å². The molecular weight excluding hydrogens is 476 g/mol. The first-order chi connectivity index (χ1) is 16.2. The number of anilines is 2. The van der Waals surface area contributed by atoms with Crippen molar-refractivity contribution in [2.75, 3.05) is 23.3 Å². The first kappa shape index (κ1) is 22.7. The van der Waals surface area contributed by atoms with Crippen LogP contribution in [0, 0.1) is 17.7 Å². The Bertz CT molecular complexity index is 1160. The smallest absolute Gasteiger partial charge is 0.408 e. The van der Waals surface area contributed by atoms with Crippen molar-refractivity contribution in [3.63, 3.8) is 0 Å². The van der Waals surface area contributed by atoms with Gasteiger partial charge < -0.3 is 15.0 Å². The number of halogens is 5. The Balaban J connectivity index is 1.34. The maximum Gasteiger partial charge on any atom is 0.408 e. The lowest BCUT2D eigenvalue weighted by Crippen LogP contribution is -2.48. The van der Waals surface area contributed by atoms with E-state index in [1.54, 1.807) is 6.20 Å². The lowest BCUT2D eigenvalue weighted by Gasteiger charge is -2.39. The maximum absolute atomic E-state index is 13.5. The zero-order valence-corrected chi connectivity index (χ0v) is 18.6. The molecule has 0 radical (unpaired) electrons. The van der Waals surface area contributed by atoms with Crippen LogP contribution >= 0.6 is 11.6 Å². The van der Waals surface area contributed by atoms with E-state index in [1.165, 1.54) is 18.2 Å². The van der Waals surface area contributed by atoms with Gasteiger partial charge in [-0.1, -0.05) is 17.7 Å². The van der Waals surface area contributed by atoms with Crippen molar-refractivity contribution >= 4 is 23.2 Å². The van der Waals surface area contributed by atoms with E-state index in [1.807, 2.05) is 12.1 Å². The Kier molecular flexibility index (Phi) is 5.97. The van der Waals surface area contributed by atoms with E-state index in [9.17, 15) is 17.6 Å². The number of hydrogen-bond donors (Lipinski definition) is 1. The molecule has 1 saturated heterocycles. The summed E-state index contributed by atoms with van der Waals surface area (Å²) in [4.78, 5) is 10.4. The predicted octanol–water partition coefficient (Wildman–Crippen LogP) is 5.15. The molecule has 7 nitrogen and oxygen atoms in total. The van der Waals surface area contributed by atoms with E-state index in [0.29, 0.717) is 9.83 Å². The number of piperidine rings is 1. The second-order valence-corrected chi connectivity index (χ2v) is 8.95. The Morgan fingerprint density at radius 2 is 1.88 bits per heavy atom. The van der Waals surface area contributed by atoms with Crippen LogP contribution in [0.2, 0.25) is 5.15 Å². The fraction of sp³-hybridized carbons (Fsp3) is 0.409. The molecule has 1 N–H and O–H groups in total. The molecule has 1 aliphatic carbocycles. The Labute approximate surface area is 197 Å². The van der Waals surface area contributed by atoms with Crippen LogP contribution in [0.4, 0.5) is 29.2 Å². The Morgan fingerprint density at radius 1 is 1.12 bits per heavy atom. The summed E-state index contributed by atoms with van der Waals surface area (Å²) in [5.41, 5.74) is 0.994. The van der Waals surface area contributed by atoms with Crippen molar-refractivity contribution in [1.29, 1.82) is 0 Å². The number of alkyl halides is 3. The molecular formula is C22H21ClF4N6O. The molecule has 0 amide bonds. The van der Waals surface area contributed by atoms with Gasteiger partial charge in [0.05, 0.1) is 0 Å². The summed E-state index contributed by atoms with van der Waals surface area (Å²) in [7, 11) is 0. The van der Waals surface area contributed by atoms with Crippen LogP contribution in [0.15, 0.2) is 42.6 Å². The van der Waals surface area contributed by atoms with Crippen molar-refractivity contribution in [3.05, 3.63) is 53.6 Å². The predicted molar refractivity (Wildman–Crippen MR) is 118 cm³/mol. The largest absolute Gasteiger partial charge is 0.424 e. The van der Waals surface area contributed by atoms with E-state index in [2.05, 4.69) is 25.3 Å². The fourth-order valence-electron chi connectivity index (χ4n) is 4.78. The van der Waals surface area contributed by atoms with E-state index in [-0.39, 0.29) is 35.6 Å². The summed E-state index contributed by atoms with van der Waals surface area (Å²) in [6.45, 7) is 0.162. The quantitative estimate of drug-likeness (QED) is 0.376. The van der Waals surface area contributed by atoms with Crippen molar-refractivity contribution in [2.45, 2.75) is 31.6 Å². The van der Waals surface area contributed by atoms with E-state index in [4.69, 9.17) is 16.3 Å². The van der Waals surface area contributed by atoms with E-state index in [0.717, 1.165) is 37.7 Å². The minimum atomic E-state index is -4.53. The number of hydrogen-bond acceptors (Lipinski definition) is 6. The summed E-state index contributed by atoms with van der Waals surface area (Å²) in [6.07, 6.45) is -0.899. The normalized spacial score (nSPS) is 22.1. The second kappa shape index (κ2) is 8.94. The fourth-order valence-corrected chi connectivity index (χ4v) is 4.95. The zero-order valence-electron chi connectivity index (χ0n) is 17.8. The molecule has 34 heavy (non-hydrogen) atoms. The monoisotopic (exact) mass is 496 g/mol. The third-order valence-corrected chi connectivity index (χ3v) is 6.38. The van der Waals surface area contributed by atoms with Crippen molar-refractivity contribution in [1.82, 2.24) is 19.7 Å². The standard InChI is InChI=1S/C22H21ClF4N6O/c23-18-9-16(6-7-28-18)32-10-13-4-5-14(11-32)19(13)29-20-30-21(33(31-20)12-22(25,26)27)34-17-3-1-2-15(24)8-17/h1-3,6-9,13-14,19H,4-5,10-12H2,(H,29,31)/t13-,14+,19+. The van der Waals surface area contributed by atoms with Gasteiger partial charge >= 0.3 is 12.2 Å². The molecule has 1 aromatic carbocycles. The first-order valence-corrected chi connectivity index (χ1v) is 11.2. The van der Waals surface area contributed by atoms with Gasteiger partial charge in [0.2, 0.25) is 5.95 Å². The highest BCUT2D eigenvalue weighted by Gasteiger charge is 2.43. The average molecular weight is 497 g/mol. The van der Waals surface area contributed by atoms with Crippen LogP contribution in [0.3, 0.4) is 0 Å². The van der Waals surface area contributed by atoms with Gasteiger partial charge in [-0.05, 0) is 48.9 Å². The van der Waals surface area contributed by atoms with Gasteiger partial charge in [-0.2, -0.15) is 18.2 Å². The molecule has 5 rings (SSSR count). The lowest BCUT2D eigenvalue weighted by atomic mass is 9.92. The van der Waals surface area contributed by atoms with Crippen LogP contribution in [-0.4, -0.2) is 45.1 Å². The number of benzene rings is 1. The van der Waals surface area contributed by atoms with E-state index < -0.39 is 18.5 Å². The van der Waals surface area contributed by atoms with Gasteiger partial charge in [-0.15, -0.1) is 5.10 Å². The zero-order chi connectivity index (χ0) is 23.9. The maximum atomic E-state index is 13.5. The molecule has 1 aliphatic heterocycles. The number of nitrogens with zero attached hydrogens (tertiary/aromatic N) is 5. The second-order valence-electron chi connectivity index (χ2n) is 8.56. The highest BCUT2D eigenvalue weighted by molar-refractivity contribution is 6.29. The molecule has 2 aliphatic rings. The number of nitrogens with one attached hydrogen (secondary N) is 1. The van der Waals surface area contributed by atoms with Crippen molar-refractivity contribution in [3.8, 4) is 11.8 Å². The van der Waals surface area contributed by atoms with Gasteiger partial charge in [0.15, 0.2) is 0 Å². The minimum absolute atomic E-state index is 0.0114. The molecule has 2 aromatic heterocycles. The Hall–Kier alpha value is -3.08. The van der Waals surface area contributed by atoms with E-state index >= 15 is 0 Å². The molecule has 180 valence electrons. The molecule has 2 fully saturated rings. The summed E-state index contributed by atoms with van der Waals surface area (Å²) in [6, 6.07) is 8.50. The molecule has 0 unspecified atom stereocenters. The van der Waals surface area contributed by atoms with Crippen LogP contribution < -0.4 is 15.0 Å². The van der Waals surface area contributed by atoms with Crippen molar-refractivity contribution < 1.29 is 22.3 Å². The highest BCUT2D eigenvalue weighted by atomic mass is 35.5. The summed E-state index contributed by atoms with van der Waals surface area (Å²) < 4.78 is 58.9. The first-order valence-electron chi connectivity index (χ1n) is 10.8. The van der Waals surface area contributed by atoms with Crippen LogP contribution in [0.5, 0.6) is 11.8 Å². The van der Waals surface area contributed by atoms with Crippen LogP contribution in [0.25, 0.3) is 0 Å². The van der Waals surface area contributed by atoms with Gasteiger partial charge in [0.25, 0.3) is 0 Å². The van der Waals surface area contributed by atoms with Crippen LogP contribution in [0.1, 0.15) is 12.8 Å². The molecule has 3 aromatic rings. The van der Waals surface area contributed by atoms with Crippen molar-refractivity contribution in [2.24, 2.45) is 11.8 Å². The summed E-state index contributed by atoms with van der Waals surface area (Å²) >= 11 is 6.04. The molecule has 3 heterocycles. The number of pyridine rings is 1. The molecule has 3 atom stereocenters. The average Bonchev–Trinajstić information content (AvgIpc) is 3.21. The number of fused-ring (bicyclic) bond motifs is 2. The van der Waals surface area contributed by atoms with Gasteiger partial charge in [0, 0.05) is 37.1 Å². The topological polar surface area (TPSA) is 68.1 Å². The SMILES string of the molecule is Fc1cccc(Oc2nc(N[C@H]3[C@@H]4CC[C@H]3CN(c3ccnc(Cl)c3)C4)nn2CC(F)(F)F)c1. The minimum Gasteiger partial charge on any atom is -0.424 e. The van der Waals surface area contributed by atoms with Gasteiger partial charge in [-0.3, -0.25) is 0 Å². The lowest BCUT2D eigenvalue weighted by molar-refractivity contribution is -0.143.